The van der Waals surface area contributed by atoms with Crippen molar-refractivity contribution in [3.05, 3.63) is 66.2 Å². The molecule has 1 heterocycles. The number of benzene rings is 2. The van der Waals surface area contributed by atoms with Crippen LogP contribution in [0.2, 0.25) is 0 Å². The zero-order valence-electron chi connectivity index (χ0n) is 13.5. The number of nitrogens with one attached hydrogen (secondary N) is 1. The van der Waals surface area contributed by atoms with Gasteiger partial charge < -0.3 is 4.74 Å². The summed E-state index contributed by atoms with van der Waals surface area (Å²) in [6.45, 7) is 1.83. The Kier molecular flexibility index (Phi) is 4.56. The number of amides is 1. The molecule has 0 spiro atoms. The number of carbonyl (C=O) groups is 1. The molecule has 0 saturated heterocycles. The topological polar surface area (TPSA) is 69.0 Å². The maximum Gasteiger partial charge on any atom is 0.413 e. The Hall–Kier alpha value is -3.15. The van der Waals surface area contributed by atoms with E-state index in [0.717, 1.165) is 11.1 Å². The Morgan fingerprint density at radius 2 is 1.71 bits per heavy atom. The van der Waals surface area contributed by atoms with E-state index in [0.29, 0.717) is 11.5 Å². The van der Waals surface area contributed by atoms with Gasteiger partial charge in [-0.05, 0) is 12.5 Å². The third-order valence-electron chi connectivity index (χ3n) is 3.65. The van der Waals surface area contributed by atoms with Gasteiger partial charge in [-0.25, -0.2) is 9.48 Å². The van der Waals surface area contributed by atoms with E-state index in [-0.39, 0.29) is 6.10 Å². The molecule has 24 heavy (non-hydrogen) atoms. The number of aryl methyl sites for hydroxylation is 1. The number of hydrogen-bond donors (Lipinski definition) is 1. The second kappa shape index (κ2) is 6.95. The van der Waals surface area contributed by atoms with Crippen molar-refractivity contribution in [1.29, 1.82) is 0 Å². The highest BCUT2D eigenvalue weighted by Gasteiger charge is 2.18. The van der Waals surface area contributed by atoms with Crippen molar-refractivity contribution in [2.24, 2.45) is 7.05 Å². The monoisotopic (exact) mass is 322 g/mol. The third kappa shape index (κ3) is 3.43. The molecule has 6 heteroatoms. The lowest BCUT2D eigenvalue weighted by Crippen LogP contribution is -2.18. The van der Waals surface area contributed by atoms with Crippen LogP contribution in [0.4, 0.5) is 10.6 Å². The van der Waals surface area contributed by atoms with Crippen LogP contribution in [-0.2, 0) is 11.8 Å². The van der Waals surface area contributed by atoms with Gasteiger partial charge in [-0.3, -0.25) is 5.32 Å². The van der Waals surface area contributed by atoms with E-state index in [1.165, 1.54) is 4.68 Å². The fourth-order valence-electron chi connectivity index (χ4n) is 2.37. The van der Waals surface area contributed by atoms with E-state index < -0.39 is 6.09 Å². The standard InChI is InChI=1S/C18H18N4O2/c1-13(14-9-5-3-6-10-14)24-18(23)19-17-16(20-21-22(17)2)15-11-7-4-8-12-15/h3-13H,1-2H3,(H,19,23)/t13-/m1/s1. The molecule has 0 unspecified atom stereocenters. The molecule has 3 aromatic rings. The highest BCUT2D eigenvalue weighted by Crippen LogP contribution is 2.25. The van der Waals surface area contributed by atoms with Crippen LogP contribution in [0.15, 0.2) is 60.7 Å². The van der Waals surface area contributed by atoms with Crippen LogP contribution in [0.3, 0.4) is 0 Å². The average molecular weight is 322 g/mol. The molecule has 1 N–H and O–H groups in total. The molecule has 1 aromatic heterocycles. The van der Waals surface area contributed by atoms with Gasteiger partial charge in [0.2, 0.25) is 0 Å². The summed E-state index contributed by atoms with van der Waals surface area (Å²) in [4.78, 5) is 12.2. The Bertz CT molecular complexity index is 816. The Balaban J connectivity index is 1.74. The van der Waals surface area contributed by atoms with Crippen LogP contribution in [0, 0.1) is 0 Å². The van der Waals surface area contributed by atoms with Crippen LogP contribution < -0.4 is 5.32 Å². The Labute approximate surface area is 140 Å². The molecule has 0 fully saturated rings. The van der Waals surface area contributed by atoms with Crippen LogP contribution in [0.5, 0.6) is 0 Å². The zero-order chi connectivity index (χ0) is 16.9. The lowest BCUT2D eigenvalue weighted by atomic mass is 10.1. The second-order valence-corrected chi connectivity index (χ2v) is 5.36. The summed E-state index contributed by atoms with van der Waals surface area (Å²) in [5, 5.41) is 10.8. The zero-order valence-corrected chi connectivity index (χ0v) is 13.5. The minimum Gasteiger partial charge on any atom is -0.441 e. The van der Waals surface area contributed by atoms with Crippen LogP contribution in [0.1, 0.15) is 18.6 Å². The van der Waals surface area contributed by atoms with Gasteiger partial charge in [-0.15, -0.1) is 5.10 Å². The first kappa shape index (κ1) is 15.7. The van der Waals surface area contributed by atoms with Crippen molar-refractivity contribution >= 4 is 11.9 Å². The quantitative estimate of drug-likeness (QED) is 0.793. The lowest BCUT2D eigenvalue weighted by molar-refractivity contribution is 0.121. The summed E-state index contributed by atoms with van der Waals surface area (Å²) < 4.78 is 6.95. The van der Waals surface area contributed by atoms with Gasteiger partial charge in [0.15, 0.2) is 5.82 Å². The highest BCUT2D eigenvalue weighted by atomic mass is 16.6. The van der Waals surface area contributed by atoms with Crippen molar-refractivity contribution < 1.29 is 9.53 Å². The first-order valence-electron chi connectivity index (χ1n) is 7.63. The predicted molar refractivity (Wildman–Crippen MR) is 91.4 cm³/mol. The third-order valence-corrected chi connectivity index (χ3v) is 3.65. The van der Waals surface area contributed by atoms with E-state index in [4.69, 9.17) is 4.74 Å². The molecule has 2 aromatic carbocycles. The fraction of sp³-hybridized carbons (Fsp3) is 0.167. The fourth-order valence-corrected chi connectivity index (χ4v) is 2.37. The summed E-state index contributed by atoms with van der Waals surface area (Å²) in [6, 6.07) is 19.1. The lowest BCUT2D eigenvalue weighted by Gasteiger charge is -2.14. The maximum absolute atomic E-state index is 12.2. The number of ether oxygens (including phenoxy) is 1. The van der Waals surface area contributed by atoms with Crippen molar-refractivity contribution in [2.75, 3.05) is 5.32 Å². The molecule has 122 valence electrons. The summed E-state index contributed by atoms with van der Waals surface area (Å²) in [5.74, 6) is 0.492. The summed E-state index contributed by atoms with van der Waals surface area (Å²) in [5.41, 5.74) is 2.40. The molecular weight excluding hydrogens is 304 g/mol. The van der Waals surface area contributed by atoms with Gasteiger partial charge in [0, 0.05) is 12.6 Å². The molecular formula is C18H18N4O2. The van der Waals surface area contributed by atoms with Gasteiger partial charge in [0.25, 0.3) is 0 Å². The normalized spacial score (nSPS) is 11.8. The smallest absolute Gasteiger partial charge is 0.413 e. The molecule has 1 amide bonds. The second-order valence-electron chi connectivity index (χ2n) is 5.36. The van der Waals surface area contributed by atoms with Gasteiger partial charge in [0.1, 0.15) is 11.8 Å². The molecule has 1 atom stereocenters. The van der Waals surface area contributed by atoms with Crippen LogP contribution in [0.25, 0.3) is 11.3 Å². The SMILES string of the molecule is C[C@@H](OC(=O)Nc1c(-c2ccccc2)nnn1C)c1ccccc1. The van der Waals surface area contributed by atoms with Crippen molar-refractivity contribution in [3.8, 4) is 11.3 Å². The molecule has 0 saturated carbocycles. The number of carbonyl (C=O) groups excluding carboxylic acids is 1. The molecule has 6 nitrogen and oxygen atoms in total. The summed E-state index contributed by atoms with van der Waals surface area (Å²) >= 11 is 0. The molecule has 0 aliphatic heterocycles. The van der Waals surface area contributed by atoms with Crippen molar-refractivity contribution in [1.82, 2.24) is 15.0 Å². The van der Waals surface area contributed by atoms with E-state index in [9.17, 15) is 4.79 Å². The molecule has 0 aliphatic rings. The van der Waals surface area contributed by atoms with Crippen LogP contribution in [-0.4, -0.2) is 21.1 Å². The van der Waals surface area contributed by atoms with Gasteiger partial charge >= 0.3 is 6.09 Å². The number of anilines is 1. The van der Waals surface area contributed by atoms with E-state index >= 15 is 0 Å². The van der Waals surface area contributed by atoms with Crippen LogP contribution >= 0.6 is 0 Å². The van der Waals surface area contributed by atoms with Gasteiger partial charge in [-0.1, -0.05) is 65.9 Å². The number of rotatable bonds is 4. The first-order chi connectivity index (χ1) is 11.6. The Morgan fingerprint density at radius 1 is 1.08 bits per heavy atom. The van der Waals surface area contributed by atoms with Gasteiger partial charge in [-0.2, -0.15) is 0 Å². The molecule has 3 rings (SSSR count). The minimum absolute atomic E-state index is 0.354. The number of aromatic nitrogens is 3. The highest BCUT2D eigenvalue weighted by molar-refractivity contribution is 5.88. The van der Waals surface area contributed by atoms with E-state index in [2.05, 4.69) is 15.6 Å². The minimum atomic E-state index is -0.547. The number of hydrogen-bond acceptors (Lipinski definition) is 4. The molecule has 0 bridgehead atoms. The molecule has 0 aliphatic carbocycles. The predicted octanol–water partition coefficient (Wildman–Crippen LogP) is 3.79. The summed E-state index contributed by atoms with van der Waals surface area (Å²) in [7, 11) is 1.72. The number of nitrogens with zero attached hydrogens (tertiary/aromatic N) is 3. The summed E-state index contributed by atoms with van der Waals surface area (Å²) in [6.07, 6.45) is -0.901. The van der Waals surface area contributed by atoms with E-state index in [1.807, 2.05) is 67.6 Å². The van der Waals surface area contributed by atoms with Crippen molar-refractivity contribution in [3.63, 3.8) is 0 Å². The van der Waals surface area contributed by atoms with Gasteiger partial charge in [0.05, 0.1) is 0 Å². The average Bonchev–Trinajstić information content (AvgIpc) is 2.97. The van der Waals surface area contributed by atoms with Crippen molar-refractivity contribution in [2.45, 2.75) is 13.0 Å². The van der Waals surface area contributed by atoms with E-state index in [1.54, 1.807) is 7.05 Å². The Morgan fingerprint density at radius 3 is 2.38 bits per heavy atom. The largest absolute Gasteiger partial charge is 0.441 e. The first-order valence-corrected chi connectivity index (χ1v) is 7.63. The molecule has 0 radical (unpaired) electrons. The maximum atomic E-state index is 12.2.